The van der Waals surface area contributed by atoms with Crippen molar-refractivity contribution < 1.29 is 4.79 Å². The Labute approximate surface area is 108 Å². The van der Waals surface area contributed by atoms with Crippen molar-refractivity contribution in [3.63, 3.8) is 0 Å². The van der Waals surface area contributed by atoms with Crippen LogP contribution in [0.4, 0.5) is 0 Å². The maximum atomic E-state index is 11.9. The van der Waals surface area contributed by atoms with E-state index in [0.29, 0.717) is 6.04 Å². The first kappa shape index (κ1) is 11.3. The van der Waals surface area contributed by atoms with E-state index >= 15 is 0 Å². The summed E-state index contributed by atoms with van der Waals surface area (Å²) in [7, 11) is 0. The van der Waals surface area contributed by atoms with Crippen molar-refractivity contribution in [3.8, 4) is 0 Å². The third kappa shape index (κ3) is 2.26. The molecule has 1 atom stereocenters. The van der Waals surface area contributed by atoms with Gasteiger partial charge >= 0.3 is 0 Å². The Morgan fingerprint density at radius 2 is 2.06 bits per heavy atom. The van der Waals surface area contributed by atoms with Gasteiger partial charge in [-0.2, -0.15) is 0 Å². The molecule has 0 aromatic heterocycles. The van der Waals surface area contributed by atoms with E-state index in [1.165, 1.54) is 5.56 Å². The van der Waals surface area contributed by atoms with Crippen molar-refractivity contribution in [2.45, 2.75) is 25.4 Å². The van der Waals surface area contributed by atoms with E-state index in [4.69, 9.17) is 0 Å². The standard InChI is InChI=1S/C15H18N2O/c18-15-8-10-16(11-13-5-2-1-3-6-13)12-14-7-4-9-17(14)15/h1-3,5-6,8,10,14H,4,7,9,11-12H2. The lowest BCUT2D eigenvalue weighted by Crippen LogP contribution is -2.38. The van der Waals surface area contributed by atoms with Crippen LogP contribution in [0.5, 0.6) is 0 Å². The zero-order chi connectivity index (χ0) is 12.4. The Morgan fingerprint density at radius 3 is 2.89 bits per heavy atom. The molecule has 0 aliphatic carbocycles. The second-order valence-electron chi connectivity index (χ2n) is 5.06. The molecule has 18 heavy (non-hydrogen) atoms. The van der Waals surface area contributed by atoms with Crippen LogP contribution in [0.2, 0.25) is 0 Å². The third-order valence-electron chi connectivity index (χ3n) is 3.76. The lowest BCUT2D eigenvalue weighted by atomic mass is 10.2. The lowest BCUT2D eigenvalue weighted by Gasteiger charge is -2.26. The fraction of sp³-hybridized carbons (Fsp3) is 0.400. The van der Waals surface area contributed by atoms with Gasteiger partial charge in [-0.15, -0.1) is 0 Å². The molecule has 1 saturated heterocycles. The summed E-state index contributed by atoms with van der Waals surface area (Å²) in [5.74, 6) is 0.174. The second kappa shape index (κ2) is 4.84. The zero-order valence-electron chi connectivity index (χ0n) is 10.5. The number of fused-ring (bicyclic) bond motifs is 1. The van der Waals surface area contributed by atoms with Crippen molar-refractivity contribution in [1.29, 1.82) is 0 Å². The summed E-state index contributed by atoms with van der Waals surface area (Å²) >= 11 is 0. The molecular formula is C15H18N2O. The number of carbonyl (C=O) groups excluding carboxylic acids is 1. The molecule has 1 aromatic rings. The smallest absolute Gasteiger partial charge is 0.248 e. The molecule has 0 saturated carbocycles. The average Bonchev–Trinajstić information content (AvgIpc) is 2.80. The van der Waals surface area contributed by atoms with E-state index in [1.807, 2.05) is 17.2 Å². The molecule has 3 rings (SSSR count). The van der Waals surface area contributed by atoms with E-state index in [-0.39, 0.29) is 5.91 Å². The van der Waals surface area contributed by atoms with E-state index in [2.05, 4.69) is 29.2 Å². The number of carbonyl (C=O) groups is 1. The fourth-order valence-corrected chi connectivity index (χ4v) is 2.85. The summed E-state index contributed by atoms with van der Waals surface area (Å²) in [6.45, 7) is 2.76. The summed E-state index contributed by atoms with van der Waals surface area (Å²) in [5.41, 5.74) is 1.29. The van der Waals surface area contributed by atoms with E-state index in [1.54, 1.807) is 6.08 Å². The quantitative estimate of drug-likeness (QED) is 0.792. The predicted molar refractivity (Wildman–Crippen MR) is 70.7 cm³/mol. The van der Waals surface area contributed by atoms with E-state index in [0.717, 1.165) is 32.5 Å². The van der Waals surface area contributed by atoms with Crippen LogP contribution in [0.15, 0.2) is 42.6 Å². The molecular weight excluding hydrogens is 224 g/mol. The van der Waals surface area contributed by atoms with Crippen LogP contribution >= 0.6 is 0 Å². The summed E-state index contributed by atoms with van der Waals surface area (Å²) in [4.78, 5) is 16.2. The Morgan fingerprint density at radius 1 is 1.22 bits per heavy atom. The molecule has 1 fully saturated rings. The van der Waals surface area contributed by atoms with E-state index < -0.39 is 0 Å². The van der Waals surface area contributed by atoms with Gasteiger partial charge in [0.1, 0.15) is 0 Å². The molecule has 3 heteroatoms. The molecule has 1 aromatic carbocycles. The topological polar surface area (TPSA) is 23.6 Å². The molecule has 0 radical (unpaired) electrons. The van der Waals surface area contributed by atoms with Crippen LogP contribution in [-0.2, 0) is 11.3 Å². The molecule has 0 bridgehead atoms. The van der Waals surface area contributed by atoms with Crippen molar-refractivity contribution in [3.05, 3.63) is 48.2 Å². The number of rotatable bonds is 2. The highest BCUT2D eigenvalue weighted by atomic mass is 16.2. The molecule has 1 amide bonds. The van der Waals surface area contributed by atoms with Crippen LogP contribution in [-0.4, -0.2) is 34.8 Å². The molecule has 2 aliphatic rings. The number of benzene rings is 1. The van der Waals surface area contributed by atoms with Gasteiger partial charge in [0.2, 0.25) is 5.91 Å². The van der Waals surface area contributed by atoms with Crippen LogP contribution in [0.1, 0.15) is 18.4 Å². The highest BCUT2D eigenvalue weighted by Gasteiger charge is 2.30. The molecule has 94 valence electrons. The Balaban J connectivity index is 1.73. The maximum absolute atomic E-state index is 11.9. The summed E-state index contributed by atoms with van der Waals surface area (Å²) in [6, 6.07) is 10.8. The molecule has 3 nitrogen and oxygen atoms in total. The van der Waals surface area contributed by atoms with Gasteiger partial charge in [-0.3, -0.25) is 4.79 Å². The monoisotopic (exact) mass is 242 g/mol. The Kier molecular flexibility index (Phi) is 3.05. The van der Waals surface area contributed by atoms with Gasteiger partial charge in [-0.1, -0.05) is 30.3 Å². The minimum Gasteiger partial charge on any atom is -0.371 e. The number of hydrogen-bond donors (Lipinski definition) is 0. The van der Waals surface area contributed by atoms with Crippen LogP contribution < -0.4 is 0 Å². The molecule has 2 heterocycles. The third-order valence-corrected chi connectivity index (χ3v) is 3.76. The normalized spacial score (nSPS) is 23.1. The summed E-state index contributed by atoms with van der Waals surface area (Å²) in [6.07, 6.45) is 5.95. The van der Waals surface area contributed by atoms with Crippen LogP contribution in [0, 0.1) is 0 Å². The van der Waals surface area contributed by atoms with Gasteiger partial charge in [0.25, 0.3) is 0 Å². The molecule has 0 N–H and O–H groups in total. The van der Waals surface area contributed by atoms with Gasteiger partial charge in [0.15, 0.2) is 0 Å². The maximum Gasteiger partial charge on any atom is 0.248 e. The Hall–Kier alpha value is -1.77. The highest BCUT2D eigenvalue weighted by Crippen LogP contribution is 2.22. The first-order chi connectivity index (χ1) is 8.83. The largest absolute Gasteiger partial charge is 0.371 e. The fourth-order valence-electron chi connectivity index (χ4n) is 2.85. The van der Waals surface area contributed by atoms with Gasteiger partial charge < -0.3 is 9.80 Å². The minimum absolute atomic E-state index is 0.174. The van der Waals surface area contributed by atoms with Crippen molar-refractivity contribution in [2.75, 3.05) is 13.1 Å². The molecule has 2 aliphatic heterocycles. The number of amides is 1. The average molecular weight is 242 g/mol. The zero-order valence-corrected chi connectivity index (χ0v) is 10.5. The Bertz CT molecular complexity index is 455. The number of hydrogen-bond acceptors (Lipinski definition) is 2. The van der Waals surface area contributed by atoms with Gasteiger partial charge in [-0.25, -0.2) is 0 Å². The summed E-state index contributed by atoms with van der Waals surface area (Å²) < 4.78 is 0. The summed E-state index contributed by atoms with van der Waals surface area (Å²) in [5, 5.41) is 0. The predicted octanol–water partition coefficient (Wildman–Crippen LogP) is 2.01. The minimum atomic E-state index is 0.174. The van der Waals surface area contributed by atoms with Gasteiger partial charge in [0, 0.05) is 38.0 Å². The molecule has 0 spiro atoms. The SMILES string of the molecule is O=C1C=CN(Cc2ccccc2)CC2CCCN12. The van der Waals surface area contributed by atoms with E-state index in [9.17, 15) is 4.79 Å². The van der Waals surface area contributed by atoms with Gasteiger partial charge in [-0.05, 0) is 18.4 Å². The second-order valence-corrected chi connectivity index (χ2v) is 5.06. The molecule has 1 unspecified atom stereocenters. The van der Waals surface area contributed by atoms with Crippen molar-refractivity contribution in [2.24, 2.45) is 0 Å². The highest BCUT2D eigenvalue weighted by molar-refractivity contribution is 5.88. The van der Waals surface area contributed by atoms with Crippen LogP contribution in [0.25, 0.3) is 0 Å². The lowest BCUT2D eigenvalue weighted by molar-refractivity contribution is -0.126. The van der Waals surface area contributed by atoms with Crippen molar-refractivity contribution >= 4 is 5.91 Å². The first-order valence-corrected chi connectivity index (χ1v) is 6.60. The first-order valence-electron chi connectivity index (χ1n) is 6.60. The van der Waals surface area contributed by atoms with Gasteiger partial charge in [0.05, 0.1) is 0 Å². The van der Waals surface area contributed by atoms with Crippen LogP contribution in [0.3, 0.4) is 0 Å². The number of nitrogens with zero attached hydrogens (tertiary/aromatic N) is 2. The van der Waals surface area contributed by atoms with Crippen molar-refractivity contribution in [1.82, 2.24) is 9.80 Å².